The number of rotatable bonds is 7. The number of nitrogens with zero attached hydrogens (tertiary/aromatic N) is 1. The van der Waals surface area contributed by atoms with Crippen LogP contribution in [0.5, 0.6) is 11.5 Å². The zero-order chi connectivity index (χ0) is 23.3. The molecule has 0 bridgehead atoms. The van der Waals surface area contributed by atoms with Gasteiger partial charge in [0, 0.05) is 5.69 Å². The predicted octanol–water partition coefficient (Wildman–Crippen LogP) is 3.86. The van der Waals surface area contributed by atoms with Gasteiger partial charge in [0.25, 0.3) is 5.91 Å². The average molecular weight is 466 g/mol. The molecular weight excluding hydrogens is 442 g/mol. The van der Waals surface area contributed by atoms with Gasteiger partial charge in [-0.2, -0.15) is 0 Å². The van der Waals surface area contributed by atoms with Crippen LogP contribution in [0, 0.1) is 0 Å². The largest absolute Gasteiger partial charge is 0.457 e. The summed E-state index contributed by atoms with van der Waals surface area (Å²) in [6.45, 7) is -0.506. The maximum Gasteiger partial charge on any atom is 0.338 e. The van der Waals surface area contributed by atoms with Gasteiger partial charge < -0.3 is 14.4 Å². The normalized spacial score (nSPS) is 16.7. The van der Waals surface area contributed by atoms with Crippen molar-refractivity contribution >= 4 is 27.4 Å². The SMILES string of the molecule is O=C(OCC(=O)N(c1ccccc1)C1CCS(=O)(=O)C1)c1cccc(Oc2ccccc2)c1. The molecule has 3 aromatic rings. The van der Waals surface area contributed by atoms with E-state index < -0.39 is 34.4 Å². The van der Waals surface area contributed by atoms with Crippen molar-refractivity contribution in [3.05, 3.63) is 90.5 Å². The quantitative estimate of drug-likeness (QED) is 0.492. The molecule has 3 aromatic carbocycles. The van der Waals surface area contributed by atoms with Gasteiger partial charge in [0.2, 0.25) is 0 Å². The first-order chi connectivity index (χ1) is 15.9. The van der Waals surface area contributed by atoms with E-state index in [4.69, 9.17) is 9.47 Å². The van der Waals surface area contributed by atoms with Crippen LogP contribution in [0.4, 0.5) is 5.69 Å². The van der Waals surface area contributed by atoms with E-state index in [1.165, 1.54) is 11.0 Å². The lowest BCUT2D eigenvalue weighted by Crippen LogP contribution is -2.43. The smallest absolute Gasteiger partial charge is 0.338 e. The summed E-state index contributed by atoms with van der Waals surface area (Å²) in [4.78, 5) is 27.0. The second-order valence-corrected chi connectivity index (χ2v) is 9.90. The molecule has 1 heterocycles. The molecule has 0 radical (unpaired) electrons. The maximum atomic E-state index is 13.0. The molecule has 1 unspecified atom stereocenters. The van der Waals surface area contributed by atoms with Crippen LogP contribution in [-0.2, 0) is 19.4 Å². The highest BCUT2D eigenvalue weighted by molar-refractivity contribution is 7.91. The molecule has 1 aliphatic heterocycles. The third-order valence-electron chi connectivity index (χ3n) is 5.25. The van der Waals surface area contributed by atoms with Crippen LogP contribution >= 0.6 is 0 Å². The van der Waals surface area contributed by atoms with E-state index in [0.717, 1.165) is 0 Å². The summed E-state index contributed by atoms with van der Waals surface area (Å²) in [5, 5.41) is 0. The van der Waals surface area contributed by atoms with Gasteiger partial charge >= 0.3 is 5.97 Å². The van der Waals surface area contributed by atoms with E-state index in [0.29, 0.717) is 23.6 Å². The van der Waals surface area contributed by atoms with E-state index >= 15 is 0 Å². The van der Waals surface area contributed by atoms with Crippen molar-refractivity contribution in [2.75, 3.05) is 23.0 Å². The number of carbonyl (C=O) groups is 2. The number of carbonyl (C=O) groups excluding carboxylic acids is 2. The summed E-state index contributed by atoms with van der Waals surface area (Å²) < 4.78 is 35.0. The number of amides is 1. The summed E-state index contributed by atoms with van der Waals surface area (Å²) in [5.41, 5.74) is 0.810. The van der Waals surface area contributed by atoms with Gasteiger partial charge in [0.1, 0.15) is 11.5 Å². The Morgan fingerprint density at radius 2 is 1.55 bits per heavy atom. The summed E-state index contributed by atoms with van der Waals surface area (Å²) >= 11 is 0. The van der Waals surface area contributed by atoms with Crippen molar-refractivity contribution in [2.24, 2.45) is 0 Å². The summed E-state index contributed by atoms with van der Waals surface area (Å²) in [6.07, 6.45) is 0.343. The van der Waals surface area contributed by atoms with E-state index in [1.54, 1.807) is 54.6 Å². The Kier molecular flexibility index (Phi) is 6.74. The molecule has 0 aliphatic carbocycles. The molecule has 0 saturated carbocycles. The molecule has 170 valence electrons. The van der Waals surface area contributed by atoms with Gasteiger partial charge in [0.05, 0.1) is 23.1 Å². The summed E-state index contributed by atoms with van der Waals surface area (Å²) in [5.74, 6) is -0.141. The molecule has 1 fully saturated rings. The fraction of sp³-hybridized carbons (Fsp3) is 0.200. The number of para-hydroxylation sites is 2. The molecule has 1 atom stereocenters. The fourth-order valence-electron chi connectivity index (χ4n) is 3.72. The highest BCUT2D eigenvalue weighted by atomic mass is 32.2. The van der Waals surface area contributed by atoms with Crippen molar-refractivity contribution in [1.82, 2.24) is 0 Å². The zero-order valence-electron chi connectivity index (χ0n) is 17.8. The van der Waals surface area contributed by atoms with Gasteiger partial charge in [0.15, 0.2) is 16.4 Å². The van der Waals surface area contributed by atoms with Crippen molar-refractivity contribution < 1.29 is 27.5 Å². The van der Waals surface area contributed by atoms with Crippen LogP contribution in [0.1, 0.15) is 16.8 Å². The minimum Gasteiger partial charge on any atom is -0.457 e. The number of anilines is 1. The summed E-state index contributed by atoms with van der Waals surface area (Å²) in [7, 11) is -3.20. The molecule has 0 N–H and O–H groups in total. The first-order valence-corrected chi connectivity index (χ1v) is 12.3. The Morgan fingerprint density at radius 3 is 2.21 bits per heavy atom. The van der Waals surface area contributed by atoms with Crippen LogP contribution < -0.4 is 9.64 Å². The second kappa shape index (κ2) is 9.87. The molecule has 8 heteroatoms. The van der Waals surface area contributed by atoms with Crippen molar-refractivity contribution in [3.8, 4) is 11.5 Å². The van der Waals surface area contributed by atoms with Crippen molar-refractivity contribution in [3.63, 3.8) is 0 Å². The Morgan fingerprint density at radius 1 is 0.879 bits per heavy atom. The van der Waals surface area contributed by atoms with E-state index in [-0.39, 0.29) is 17.1 Å². The molecule has 0 aromatic heterocycles. The first kappa shape index (κ1) is 22.5. The number of sulfone groups is 1. The first-order valence-electron chi connectivity index (χ1n) is 10.5. The van der Waals surface area contributed by atoms with Crippen molar-refractivity contribution in [2.45, 2.75) is 12.5 Å². The van der Waals surface area contributed by atoms with Crippen LogP contribution in [0.2, 0.25) is 0 Å². The lowest BCUT2D eigenvalue weighted by molar-refractivity contribution is -0.122. The second-order valence-electron chi connectivity index (χ2n) is 7.68. The van der Waals surface area contributed by atoms with Crippen LogP contribution in [0.15, 0.2) is 84.9 Å². The van der Waals surface area contributed by atoms with Crippen LogP contribution in [-0.4, -0.2) is 44.4 Å². The van der Waals surface area contributed by atoms with Crippen LogP contribution in [0.25, 0.3) is 0 Å². The van der Waals surface area contributed by atoms with Crippen LogP contribution in [0.3, 0.4) is 0 Å². The molecule has 7 nitrogen and oxygen atoms in total. The van der Waals surface area contributed by atoms with E-state index in [2.05, 4.69) is 0 Å². The van der Waals surface area contributed by atoms with Crippen molar-refractivity contribution in [1.29, 1.82) is 0 Å². The standard InChI is InChI=1S/C25H23NO6S/c27-24(26(20-9-3-1-4-10-20)21-14-15-33(29,30)18-21)17-31-25(28)19-8-7-13-23(16-19)32-22-11-5-2-6-12-22/h1-13,16,21H,14-15,17-18H2. The zero-order valence-corrected chi connectivity index (χ0v) is 18.6. The third-order valence-corrected chi connectivity index (χ3v) is 7.00. The Hall–Kier alpha value is -3.65. The number of hydrogen-bond acceptors (Lipinski definition) is 6. The highest BCUT2D eigenvalue weighted by Crippen LogP contribution is 2.25. The lowest BCUT2D eigenvalue weighted by Gasteiger charge is -2.28. The van der Waals surface area contributed by atoms with Gasteiger partial charge in [-0.15, -0.1) is 0 Å². The molecule has 0 spiro atoms. The molecule has 1 aliphatic rings. The topological polar surface area (TPSA) is 90.0 Å². The highest BCUT2D eigenvalue weighted by Gasteiger charge is 2.35. The predicted molar refractivity (Wildman–Crippen MR) is 124 cm³/mol. The average Bonchev–Trinajstić information content (AvgIpc) is 3.18. The van der Waals surface area contributed by atoms with Gasteiger partial charge in [-0.05, 0) is 48.9 Å². The van der Waals surface area contributed by atoms with Gasteiger partial charge in [-0.25, -0.2) is 13.2 Å². The molecule has 33 heavy (non-hydrogen) atoms. The molecular formula is C25H23NO6S. The maximum absolute atomic E-state index is 13.0. The minimum absolute atomic E-state index is 0.0300. The third kappa shape index (κ3) is 5.78. The van der Waals surface area contributed by atoms with E-state index in [1.807, 2.05) is 24.3 Å². The number of hydrogen-bond donors (Lipinski definition) is 0. The van der Waals surface area contributed by atoms with E-state index in [9.17, 15) is 18.0 Å². The van der Waals surface area contributed by atoms with Gasteiger partial charge in [-0.3, -0.25) is 4.79 Å². The molecule has 1 saturated heterocycles. The minimum atomic E-state index is -3.20. The Bertz CT molecular complexity index is 1230. The lowest BCUT2D eigenvalue weighted by atomic mass is 10.2. The van der Waals surface area contributed by atoms with Gasteiger partial charge in [-0.1, -0.05) is 42.5 Å². The fourth-order valence-corrected chi connectivity index (χ4v) is 5.42. The molecule has 1 amide bonds. The Labute approximate surface area is 192 Å². The number of benzene rings is 3. The summed E-state index contributed by atoms with van der Waals surface area (Å²) in [6, 6.07) is 23.9. The number of ether oxygens (including phenoxy) is 2. The number of esters is 1. The monoisotopic (exact) mass is 465 g/mol. The Balaban J connectivity index is 1.44. The molecule has 4 rings (SSSR count).